The van der Waals surface area contributed by atoms with Crippen LogP contribution in [0.5, 0.6) is 0 Å². The van der Waals surface area contributed by atoms with Gasteiger partial charge in [-0.05, 0) is 30.6 Å². The molecule has 1 saturated carbocycles. The van der Waals surface area contributed by atoms with Crippen LogP contribution in [-0.2, 0) is 11.8 Å². The predicted molar refractivity (Wildman–Crippen MR) is 136 cm³/mol. The fraction of sp³-hybridized carbons (Fsp3) is 0.407. The molecule has 6 rings (SSSR count). The fourth-order valence-corrected chi connectivity index (χ4v) is 4.89. The predicted octanol–water partition coefficient (Wildman–Crippen LogP) is 3.18. The lowest BCUT2D eigenvalue weighted by Gasteiger charge is -2.22. The number of aryl methyl sites for hydroxylation is 1. The number of nitrogens with one attached hydrogen (secondary N) is 2. The first-order valence-corrected chi connectivity index (χ1v) is 12.3. The number of nitrogens with zero attached hydrogens (tertiary/aromatic N) is 5. The molecule has 2 N–H and O–H groups in total. The average Bonchev–Trinajstić information content (AvgIpc) is 3.27. The number of imidazole rings is 1. The lowest BCUT2D eigenvalue weighted by Crippen LogP contribution is -2.26. The molecule has 0 radical (unpaired) electrons. The van der Waals surface area contributed by atoms with E-state index in [1.54, 1.807) is 0 Å². The molecule has 1 aromatic carbocycles. The largest absolute Gasteiger partial charge is 0.381 e. The minimum Gasteiger partial charge on any atom is -0.381 e. The van der Waals surface area contributed by atoms with Crippen molar-refractivity contribution in [3.05, 3.63) is 53.7 Å². The number of fused-ring (bicyclic) bond motifs is 1. The van der Waals surface area contributed by atoms with Crippen molar-refractivity contribution < 1.29 is 4.74 Å². The first-order valence-electron chi connectivity index (χ1n) is 12.3. The molecule has 0 unspecified atom stereocenters. The lowest BCUT2D eigenvalue weighted by atomic mass is 10.0. The number of rotatable bonds is 6. The molecule has 2 aromatic heterocycles. The van der Waals surface area contributed by atoms with Gasteiger partial charge in [0.05, 0.1) is 24.5 Å². The molecule has 3 aliphatic rings. The Morgan fingerprint density at radius 3 is 2.57 bits per heavy atom. The zero-order valence-corrected chi connectivity index (χ0v) is 19.9. The zero-order valence-electron chi connectivity index (χ0n) is 19.9. The minimum atomic E-state index is 0.446. The topological polar surface area (TPSA) is 92.0 Å². The molecule has 1 aliphatic carbocycles. The van der Waals surface area contributed by atoms with Gasteiger partial charge in [0, 0.05) is 56.5 Å². The number of hydrogen-bond donors (Lipinski definition) is 2. The highest BCUT2D eigenvalue weighted by atomic mass is 16.5. The molecule has 0 spiro atoms. The third-order valence-electron chi connectivity index (χ3n) is 7.10. The normalized spacial score (nSPS) is 20.9. The van der Waals surface area contributed by atoms with Gasteiger partial charge in [-0.2, -0.15) is 0 Å². The van der Waals surface area contributed by atoms with Gasteiger partial charge in [0.2, 0.25) is 5.82 Å². The van der Waals surface area contributed by atoms with Crippen LogP contribution in [0, 0.1) is 35.0 Å². The Labute approximate surface area is 205 Å². The molecule has 2 aliphatic heterocycles. The van der Waals surface area contributed by atoms with Crippen LogP contribution in [0.25, 0.3) is 11.3 Å². The van der Waals surface area contributed by atoms with Crippen molar-refractivity contribution in [3.8, 4) is 23.1 Å². The summed E-state index contributed by atoms with van der Waals surface area (Å²) in [5, 5.41) is 11.6. The summed E-state index contributed by atoms with van der Waals surface area (Å²) < 4.78 is 7.58. The Balaban J connectivity index is 1.34. The second-order valence-corrected chi connectivity index (χ2v) is 9.74. The van der Waals surface area contributed by atoms with Gasteiger partial charge < -0.3 is 24.9 Å². The summed E-state index contributed by atoms with van der Waals surface area (Å²) in [5.41, 5.74) is 2.68. The number of benzene rings is 1. The van der Waals surface area contributed by atoms with Crippen LogP contribution in [0.15, 0.2) is 36.5 Å². The lowest BCUT2D eigenvalue weighted by molar-refractivity contribution is 0.177. The van der Waals surface area contributed by atoms with Gasteiger partial charge >= 0.3 is 0 Å². The third-order valence-corrected chi connectivity index (χ3v) is 7.10. The maximum absolute atomic E-state index is 8.12. The minimum absolute atomic E-state index is 0.446. The standard InChI is InChI=1S/C27H29N7O/c1-33-15-23(19-5-3-2-4-6-19)30-25(33)10-9-24-31-26(29-12-18-7-8-18)22(11-28)27(32-24)34-13-20-16-35-17-21(20)14-34/h2-6,11,15,18,20-21,28H,7-8,12-14,16-17H2,1H3,(H,29,31,32)/t20-,21+. The van der Waals surface area contributed by atoms with Gasteiger partial charge in [-0.1, -0.05) is 30.3 Å². The number of ether oxygens (including phenoxy) is 1. The Morgan fingerprint density at radius 2 is 1.86 bits per heavy atom. The van der Waals surface area contributed by atoms with E-state index in [1.807, 2.05) is 48.1 Å². The number of hydrogen-bond acceptors (Lipinski definition) is 7. The first-order chi connectivity index (χ1) is 17.2. The maximum Gasteiger partial charge on any atom is 0.209 e. The van der Waals surface area contributed by atoms with E-state index in [-0.39, 0.29) is 0 Å². The fourth-order valence-electron chi connectivity index (χ4n) is 4.89. The molecule has 8 nitrogen and oxygen atoms in total. The van der Waals surface area contributed by atoms with Gasteiger partial charge in [-0.15, -0.1) is 0 Å². The van der Waals surface area contributed by atoms with E-state index in [9.17, 15) is 0 Å². The van der Waals surface area contributed by atoms with E-state index in [1.165, 1.54) is 19.1 Å². The van der Waals surface area contributed by atoms with Crippen LogP contribution in [0.1, 0.15) is 30.1 Å². The molecule has 2 saturated heterocycles. The number of aromatic nitrogens is 4. The van der Waals surface area contributed by atoms with Crippen LogP contribution < -0.4 is 10.2 Å². The molecule has 178 valence electrons. The molecular weight excluding hydrogens is 438 g/mol. The van der Waals surface area contributed by atoms with Crippen LogP contribution in [0.3, 0.4) is 0 Å². The van der Waals surface area contributed by atoms with Crippen molar-refractivity contribution in [2.24, 2.45) is 24.8 Å². The van der Waals surface area contributed by atoms with Crippen molar-refractivity contribution in [2.75, 3.05) is 43.1 Å². The van der Waals surface area contributed by atoms with E-state index >= 15 is 0 Å². The van der Waals surface area contributed by atoms with Gasteiger partial charge in [-0.25, -0.2) is 15.0 Å². The van der Waals surface area contributed by atoms with Crippen molar-refractivity contribution in [2.45, 2.75) is 12.8 Å². The second-order valence-electron chi connectivity index (χ2n) is 9.74. The summed E-state index contributed by atoms with van der Waals surface area (Å²) in [4.78, 5) is 16.6. The molecule has 0 bridgehead atoms. The van der Waals surface area contributed by atoms with E-state index < -0.39 is 0 Å². The maximum atomic E-state index is 8.12. The first kappa shape index (κ1) is 21.8. The van der Waals surface area contributed by atoms with Crippen molar-refractivity contribution >= 4 is 17.9 Å². The molecule has 2 atom stereocenters. The average molecular weight is 468 g/mol. The van der Waals surface area contributed by atoms with Crippen molar-refractivity contribution in [1.29, 1.82) is 5.41 Å². The van der Waals surface area contributed by atoms with Gasteiger partial charge in [0.15, 0.2) is 5.82 Å². The van der Waals surface area contributed by atoms with Crippen molar-refractivity contribution in [3.63, 3.8) is 0 Å². The Bertz CT molecular complexity index is 1290. The summed E-state index contributed by atoms with van der Waals surface area (Å²) >= 11 is 0. The van der Waals surface area contributed by atoms with Crippen LogP contribution in [-0.4, -0.2) is 58.6 Å². The highest BCUT2D eigenvalue weighted by Crippen LogP contribution is 2.35. The summed E-state index contributed by atoms with van der Waals surface area (Å²) in [6.07, 6.45) is 5.85. The molecule has 0 amide bonds. The van der Waals surface area contributed by atoms with E-state index in [2.05, 4.69) is 22.1 Å². The number of anilines is 2. The van der Waals surface area contributed by atoms with Crippen LogP contribution in [0.4, 0.5) is 11.6 Å². The summed E-state index contributed by atoms with van der Waals surface area (Å²) in [5.74, 6) is 10.6. The summed E-state index contributed by atoms with van der Waals surface area (Å²) in [6, 6.07) is 10.1. The summed E-state index contributed by atoms with van der Waals surface area (Å²) in [7, 11) is 1.95. The molecule has 3 aromatic rings. The Kier molecular flexibility index (Phi) is 5.71. The van der Waals surface area contributed by atoms with E-state index in [0.29, 0.717) is 35.2 Å². The van der Waals surface area contributed by atoms with Gasteiger partial charge in [0.25, 0.3) is 0 Å². The molecule has 8 heteroatoms. The molecule has 3 fully saturated rings. The quantitative estimate of drug-likeness (QED) is 0.427. The monoisotopic (exact) mass is 467 g/mol. The smallest absolute Gasteiger partial charge is 0.209 e. The van der Waals surface area contributed by atoms with Gasteiger partial charge in [-0.3, -0.25) is 0 Å². The van der Waals surface area contributed by atoms with Gasteiger partial charge in [0.1, 0.15) is 11.6 Å². The Hall–Kier alpha value is -3.70. The van der Waals surface area contributed by atoms with Crippen LogP contribution in [0.2, 0.25) is 0 Å². The highest BCUT2D eigenvalue weighted by molar-refractivity contribution is 5.91. The highest BCUT2D eigenvalue weighted by Gasteiger charge is 2.38. The zero-order chi connectivity index (χ0) is 23.8. The third kappa shape index (κ3) is 4.52. The summed E-state index contributed by atoms with van der Waals surface area (Å²) in [6.45, 7) is 4.24. The van der Waals surface area contributed by atoms with Crippen molar-refractivity contribution in [1.82, 2.24) is 19.5 Å². The molecular formula is C27H29N7O. The molecule has 4 heterocycles. The Morgan fingerprint density at radius 1 is 1.09 bits per heavy atom. The SMILES string of the molecule is Cn1cc(-c2ccccc2)nc1C#Cc1nc(NCC2CC2)c(C=N)c(N2C[C@H]3COC[C@H]3C2)n1. The second kappa shape index (κ2) is 9.16. The van der Waals surface area contributed by atoms with E-state index in [4.69, 9.17) is 25.1 Å². The van der Waals surface area contributed by atoms with E-state index in [0.717, 1.165) is 55.5 Å². The van der Waals surface area contributed by atoms with Crippen LogP contribution >= 0.6 is 0 Å². The molecule has 35 heavy (non-hydrogen) atoms.